The summed E-state index contributed by atoms with van der Waals surface area (Å²) in [7, 11) is 0. The first-order chi connectivity index (χ1) is 7.65. The molecule has 1 nitrogen and oxygen atoms in total. The minimum Gasteiger partial charge on any atom is -0.245 e. The van der Waals surface area contributed by atoms with Gasteiger partial charge in [-0.1, -0.05) is 23.7 Å². The monoisotopic (exact) mass is 271 g/mol. The maximum Gasteiger partial charge on any atom is 0.0897 e. The molecule has 16 heavy (non-hydrogen) atoms. The smallest absolute Gasteiger partial charge is 0.0897 e. The highest BCUT2D eigenvalue weighted by Gasteiger charge is 2.11. The summed E-state index contributed by atoms with van der Waals surface area (Å²) in [5.74, 6) is 0. The molecule has 84 valence electrons. The molecular weight excluding hydrogens is 261 g/mol. The number of hydrogen-bond donors (Lipinski definition) is 0. The fourth-order valence-corrected chi connectivity index (χ4v) is 2.61. The maximum atomic E-state index is 6.31. The molecule has 1 unspecified atom stereocenters. The van der Waals surface area contributed by atoms with Crippen LogP contribution >= 0.6 is 34.5 Å². The Morgan fingerprint density at radius 2 is 2.00 bits per heavy atom. The molecule has 0 saturated carbocycles. The predicted octanol–water partition coefficient (Wildman–Crippen LogP) is 4.63. The molecule has 0 radical (unpaired) electrons. The molecule has 2 rings (SSSR count). The van der Waals surface area contributed by atoms with Crippen LogP contribution in [0.1, 0.15) is 21.6 Å². The van der Waals surface area contributed by atoms with Gasteiger partial charge in [0.15, 0.2) is 0 Å². The Bertz CT molecular complexity index is 464. The second-order valence-corrected chi connectivity index (χ2v) is 5.62. The van der Waals surface area contributed by atoms with E-state index < -0.39 is 0 Å². The van der Waals surface area contributed by atoms with Crippen LogP contribution in [-0.2, 0) is 6.42 Å². The Morgan fingerprint density at radius 1 is 1.31 bits per heavy atom. The molecule has 0 amide bonds. The van der Waals surface area contributed by atoms with E-state index >= 15 is 0 Å². The lowest BCUT2D eigenvalue weighted by Gasteiger charge is -2.06. The van der Waals surface area contributed by atoms with E-state index in [-0.39, 0.29) is 5.38 Å². The van der Waals surface area contributed by atoms with E-state index in [2.05, 4.69) is 4.98 Å². The number of aromatic nitrogens is 1. The summed E-state index contributed by atoms with van der Waals surface area (Å²) in [4.78, 5) is 4.38. The molecule has 1 aromatic carbocycles. The van der Waals surface area contributed by atoms with Crippen molar-refractivity contribution in [1.29, 1.82) is 0 Å². The summed E-state index contributed by atoms with van der Waals surface area (Å²) in [6.45, 7) is 1.99. The van der Waals surface area contributed by atoms with Gasteiger partial charge in [0.25, 0.3) is 0 Å². The zero-order chi connectivity index (χ0) is 11.5. The van der Waals surface area contributed by atoms with Crippen molar-refractivity contribution in [3.05, 3.63) is 50.9 Å². The van der Waals surface area contributed by atoms with Gasteiger partial charge < -0.3 is 0 Å². The molecule has 2 aromatic rings. The zero-order valence-corrected chi connectivity index (χ0v) is 11.1. The minimum atomic E-state index is -0.0638. The van der Waals surface area contributed by atoms with Crippen molar-refractivity contribution in [2.75, 3.05) is 0 Å². The highest BCUT2D eigenvalue weighted by Crippen LogP contribution is 2.26. The second kappa shape index (κ2) is 5.17. The van der Waals surface area contributed by atoms with Crippen molar-refractivity contribution in [1.82, 2.24) is 4.98 Å². The standard InChI is InChI=1S/C12H11Cl2NS/c1-8-15-12(7-16-8)11(14)6-9-2-4-10(13)5-3-9/h2-5,7,11H,6H2,1H3. The van der Waals surface area contributed by atoms with Crippen molar-refractivity contribution >= 4 is 34.5 Å². The highest BCUT2D eigenvalue weighted by molar-refractivity contribution is 7.09. The predicted molar refractivity (Wildman–Crippen MR) is 70.6 cm³/mol. The maximum absolute atomic E-state index is 6.31. The molecule has 1 atom stereocenters. The third-order valence-electron chi connectivity index (χ3n) is 2.29. The number of benzene rings is 1. The number of nitrogens with zero attached hydrogens (tertiary/aromatic N) is 1. The van der Waals surface area contributed by atoms with E-state index in [4.69, 9.17) is 23.2 Å². The van der Waals surface area contributed by atoms with Crippen LogP contribution in [0, 0.1) is 6.92 Å². The molecule has 4 heteroatoms. The Kier molecular flexibility index (Phi) is 3.85. The number of rotatable bonds is 3. The van der Waals surface area contributed by atoms with Crippen LogP contribution in [-0.4, -0.2) is 4.98 Å². The molecule has 0 spiro atoms. The Morgan fingerprint density at radius 3 is 2.56 bits per heavy atom. The van der Waals surface area contributed by atoms with Crippen LogP contribution in [0.2, 0.25) is 5.02 Å². The van der Waals surface area contributed by atoms with Gasteiger partial charge in [-0.2, -0.15) is 0 Å². The second-order valence-electron chi connectivity index (χ2n) is 3.59. The number of halogens is 2. The quantitative estimate of drug-likeness (QED) is 0.742. The first kappa shape index (κ1) is 11.9. The largest absolute Gasteiger partial charge is 0.245 e. The van der Waals surface area contributed by atoms with E-state index in [0.717, 1.165) is 22.1 Å². The fourth-order valence-electron chi connectivity index (χ4n) is 1.46. The summed E-state index contributed by atoms with van der Waals surface area (Å²) >= 11 is 13.8. The SMILES string of the molecule is Cc1nc(C(Cl)Cc2ccc(Cl)cc2)cs1. The molecule has 1 heterocycles. The van der Waals surface area contributed by atoms with Gasteiger partial charge in [0.2, 0.25) is 0 Å². The van der Waals surface area contributed by atoms with E-state index in [1.54, 1.807) is 11.3 Å². The topological polar surface area (TPSA) is 12.9 Å². The third-order valence-corrected chi connectivity index (χ3v) is 3.71. The van der Waals surface area contributed by atoms with Crippen LogP contribution in [0.15, 0.2) is 29.6 Å². The molecule has 0 saturated heterocycles. The third kappa shape index (κ3) is 2.97. The van der Waals surface area contributed by atoms with Crippen LogP contribution in [0.5, 0.6) is 0 Å². The van der Waals surface area contributed by atoms with E-state index in [9.17, 15) is 0 Å². The normalized spacial score (nSPS) is 12.7. The van der Waals surface area contributed by atoms with E-state index in [0.29, 0.717) is 0 Å². The van der Waals surface area contributed by atoms with Gasteiger partial charge in [0.05, 0.1) is 16.1 Å². The van der Waals surface area contributed by atoms with Crippen molar-refractivity contribution in [2.45, 2.75) is 18.7 Å². The summed E-state index contributed by atoms with van der Waals surface area (Å²) in [5, 5.41) is 3.75. The van der Waals surface area contributed by atoms with Crippen LogP contribution in [0.4, 0.5) is 0 Å². The van der Waals surface area contributed by atoms with Gasteiger partial charge >= 0.3 is 0 Å². The Hall–Kier alpha value is -0.570. The van der Waals surface area contributed by atoms with Crippen LogP contribution in [0.25, 0.3) is 0 Å². The van der Waals surface area contributed by atoms with Gasteiger partial charge in [-0.15, -0.1) is 22.9 Å². The van der Waals surface area contributed by atoms with Crippen molar-refractivity contribution in [2.24, 2.45) is 0 Å². The van der Waals surface area contributed by atoms with Gasteiger partial charge in [-0.3, -0.25) is 0 Å². The van der Waals surface area contributed by atoms with Gasteiger partial charge in [0, 0.05) is 10.4 Å². The lowest BCUT2D eigenvalue weighted by atomic mass is 10.1. The average Bonchev–Trinajstić information content (AvgIpc) is 2.68. The van der Waals surface area contributed by atoms with Gasteiger partial charge in [-0.25, -0.2) is 4.98 Å². The minimum absolute atomic E-state index is 0.0638. The molecule has 0 bridgehead atoms. The number of aryl methyl sites for hydroxylation is 1. The lowest BCUT2D eigenvalue weighted by molar-refractivity contribution is 0.883. The first-order valence-corrected chi connectivity index (χ1v) is 6.65. The van der Waals surface area contributed by atoms with Crippen LogP contribution < -0.4 is 0 Å². The summed E-state index contributed by atoms with van der Waals surface area (Å²) < 4.78 is 0. The first-order valence-electron chi connectivity index (χ1n) is 4.95. The lowest BCUT2D eigenvalue weighted by Crippen LogP contribution is -1.96. The molecular formula is C12H11Cl2NS. The molecule has 0 aliphatic carbocycles. The molecule has 0 fully saturated rings. The highest BCUT2D eigenvalue weighted by atomic mass is 35.5. The summed E-state index contributed by atoms with van der Waals surface area (Å²) in [5.41, 5.74) is 2.13. The molecule has 0 N–H and O–H groups in total. The van der Waals surface area contributed by atoms with Crippen molar-refractivity contribution in [3.8, 4) is 0 Å². The van der Waals surface area contributed by atoms with Gasteiger partial charge in [0.1, 0.15) is 0 Å². The van der Waals surface area contributed by atoms with Crippen LogP contribution in [0.3, 0.4) is 0 Å². The molecule has 1 aromatic heterocycles. The van der Waals surface area contributed by atoms with Crippen molar-refractivity contribution in [3.63, 3.8) is 0 Å². The summed E-state index contributed by atoms with van der Waals surface area (Å²) in [6, 6.07) is 7.76. The number of thiazole rings is 1. The molecule has 0 aliphatic rings. The van der Waals surface area contributed by atoms with E-state index in [1.807, 2.05) is 36.6 Å². The van der Waals surface area contributed by atoms with Gasteiger partial charge in [-0.05, 0) is 31.0 Å². The Balaban J connectivity index is 2.07. The summed E-state index contributed by atoms with van der Waals surface area (Å²) in [6.07, 6.45) is 0.780. The molecule has 0 aliphatic heterocycles. The average molecular weight is 272 g/mol. The fraction of sp³-hybridized carbons (Fsp3) is 0.250. The van der Waals surface area contributed by atoms with E-state index in [1.165, 1.54) is 5.56 Å². The number of hydrogen-bond acceptors (Lipinski definition) is 2. The Labute approximate surface area is 109 Å². The van der Waals surface area contributed by atoms with Crippen molar-refractivity contribution < 1.29 is 0 Å². The zero-order valence-electron chi connectivity index (χ0n) is 8.78. The number of alkyl halides is 1.